The predicted octanol–water partition coefficient (Wildman–Crippen LogP) is 4.72. The monoisotopic (exact) mass is 467 g/mol. The quantitative estimate of drug-likeness (QED) is 0.381. The number of para-hydroxylation sites is 3. The van der Waals surface area contributed by atoms with Gasteiger partial charge in [0.05, 0.1) is 15.9 Å². The van der Waals surface area contributed by atoms with Gasteiger partial charge in [-0.3, -0.25) is 0 Å². The zero-order valence-corrected chi connectivity index (χ0v) is 19.0. The molecule has 8 heteroatoms. The van der Waals surface area contributed by atoms with Crippen LogP contribution in [0.4, 0.5) is 5.82 Å². The Morgan fingerprint density at radius 1 is 0.853 bits per heavy atom. The van der Waals surface area contributed by atoms with Gasteiger partial charge in [0.1, 0.15) is 16.2 Å². The van der Waals surface area contributed by atoms with Crippen LogP contribution < -0.4 is 5.73 Å². The molecule has 3 aromatic heterocycles. The van der Waals surface area contributed by atoms with Crippen molar-refractivity contribution >= 4 is 48.8 Å². The van der Waals surface area contributed by atoms with Gasteiger partial charge in [0.2, 0.25) is 9.84 Å². The van der Waals surface area contributed by atoms with Crippen LogP contribution in [0.25, 0.3) is 33.1 Å². The minimum absolute atomic E-state index is 0.00544. The Hall–Kier alpha value is -4.17. The molecule has 0 aliphatic heterocycles. The number of aryl methyl sites for hydroxylation is 2. The van der Waals surface area contributed by atoms with E-state index >= 15 is 0 Å². The van der Waals surface area contributed by atoms with Crippen molar-refractivity contribution < 1.29 is 8.42 Å². The number of nitrogens with two attached hydrogens (primary N) is 1. The summed E-state index contributed by atoms with van der Waals surface area (Å²) in [4.78, 5) is 12.9. The van der Waals surface area contributed by atoms with Crippen LogP contribution in [0.2, 0.25) is 0 Å². The molecular weight excluding hydrogens is 446 g/mol. The topological polar surface area (TPSA) is 107 Å². The Balaban J connectivity index is 1.55. The highest BCUT2D eigenvalue weighted by atomic mass is 32.2. The molecule has 0 unspecified atom stereocenters. The number of hydrogen-bond donors (Lipinski definition) is 2. The largest absolute Gasteiger partial charge is 0.384 e. The molecule has 0 atom stereocenters. The van der Waals surface area contributed by atoms with Crippen LogP contribution in [-0.2, 0) is 22.8 Å². The fourth-order valence-electron chi connectivity index (χ4n) is 4.47. The number of aromatic amines is 1. The van der Waals surface area contributed by atoms with Gasteiger partial charge in [-0.15, -0.1) is 0 Å². The Morgan fingerprint density at radius 3 is 2.32 bits per heavy atom. The molecule has 6 aromatic rings. The number of anilines is 1. The third kappa shape index (κ3) is 3.14. The highest BCUT2D eigenvalue weighted by molar-refractivity contribution is 7.92. The van der Waals surface area contributed by atoms with Gasteiger partial charge in [-0.05, 0) is 42.3 Å². The fourth-order valence-corrected chi connectivity index (χ4v) is 6.00. The Morgan fingerprint density at radius 2 is 1.53 bits per heavy atom. The maximum absolute atomic E-state index is 13.7. The molecule has 3 aromatic carbocycles. The average molecular weight is 468 g/mol. The smallest absolute Gasteiger partial charge is 0.212 e. The second kappa shape index (κ2) is 7.71. The minimum atomic E-state index is -3.91. The maximum Gasteiger partial charge on any atom is 0.212 e. The average Bonchev–Trinajstić information content (AvgIpc) is 3.39. The van der Waals surface area contributed by atoms with Gasteiger partial charge in [-0.2, -0.15) is 0 Å². The second-order valence-corrected chi connectivity index (χ2v) is 10.1. The molecule has 34 heavy (non-hydrogen) atoms. The molecule has 168 valence electrons. The van der Waals surface area contributed by atoms with E-state index in [2.05, 4.69) is 11.1 Å². The van der Waals surface area contributed by atoms with Gasteiger partial charge in [-0.1, -0.05) is 48.5 Å². The normalized spacial score (nSPS) is 12.1. The Kier molecular flexibility index (Phi) is 4.63. The summed E-state index contributed by atoms with van der Waals surface area (Å²) in [6, 6.07) is 23.8. The number of fused-ring (bicyclic) bond motifs is 3. The van der Waals surface area contributed by atoms with E-state index in [-0.39, 0.29) is 15.6 Å². The highest BCUT2D eigenvalue weighted by Crippen LogP contribution is 2.35. The number of benzene rings is 3. The first-order valence-corrected chi connectivity index (χ1v) is 12.4. The lowest BCUT2D eigenvalue weighted by Crippen LogP contribution is -2.09. The summed E-state index contributed by atoms with van der Waals surface area (Å²) < 4.78 is 29.1. The number of aromatic nitrogens is 4. The summed E-state index contributed by atoms with van der Waals surface area (Å²) in [5.74, 6) is 0.147. The lowest BCUT2D eigenvalue weighted by Gasteiger charge is -2.08. The fraction of sp³-hybridized carbons (Fsp3) is 0.0769. The van der Waals surface area contributed by atoms with Gasteiger partial charge in [0, 0.05) is 23.6 Å². The van der Waals surface area contributed by atoms with Gasteiger partial charge < -0.3 is 15.3 Å². The van der Waals surface area contributed by atoms with Crippen molar-refractivity contribution in [3.05, 3.63) is 90.6 Å². The molecule has 0 saturated carbocycles. The van der Waals surface area contributed by atoms with Crippen molar-refractivity contribution in [3.8, 4) is 0 Å². The number of sulfone groups is 1. The van der Waals surface area contributed by atoms with Gasteiger partial charge >= 0.3 is 0 Å². The molecule has 7 nitrogen and oxygen atoms in total. The first-order valence-electron chi connectivity index (χ1n) is 10.9. The van der Waals surface area contributed by atoms with E-state index in [1.165, 1.54) is 0 Å². The van der Waals surface area contributed by atoms with E-state index < -0.39 is 9.84 Å². The SMILES string of the molecule is Nc1c(S(=O)(=O)c2ccccc2)c2nc3ccccc3nc2n1CCc1c[nH]c2ccccc12. The summed E-state index contributed by atoms with van der Waals surface area (Å²) in [5, 5.41) is 1.13. The van der Waals surface area contributed by atoms with Crippen LogP contribution in [0.15, 0.2) is 94.9 Å². The first kappa shape index (κ1) is 20.4. The number of nitrogens with zero attached hydrogens (tertiary/aromatic N) is 3. The zero-order chi connectivity index (χ0) is 23.3. The third-order valence-corrected chi connectivity index (χ3v) is 7.98. The number of H-pyrrole nitrogens is 1. The molecular formula is C26H21N5O2S. The third-order valence-electron chi connectivity index (χ3n) is 6.15. The van der Waals surface area contributed by atoms with E-state index in [4.69, 9.17) is 15.7 Å². The van der Waals surface area contributed by atoms with E-state index in [9.17, 15) is 8.42 Å². The number of rotatable bonds is 5. The van der Waals surface area contributed by atoms with Crippen molar-refractivity contribution in [3.63, 3.8) is 0 Å². The van der Waals surface area contributed by atoms with Gasteiger partial charge in [0.25, 0.3) is 0 Å². The molecule has 3 N–H and O–H groups in total. The van der Waals surface area contributed by atoms with Crippen LogP contribution in [0, 0.1) is 0 Å². The van der Waals surface area contributed by atoms with Crippen molar-refractivity contribution in [2.45, 2.75) is 22.8 Å². The van der Waals surface area contributed by atoms with Crippen LogP contribution in [0.5, 0.6) is 0 Å². The molecule has 0 bridgehead atoms. The summed E-state index contributed by atoms with van der Waals surface area (Å²) in [7, 11) is -3.91. The standard InChI is InChI=1S/C26H21N5O2S/c27-25-24(34(32,33)18-8-2-1-3-9-18)23-26(30-22-13-7-6-12-21(22)29-23)31(25)15-14-17-16-28-20-11-5-4-10-19(17)20/h1-13,16,28H,14-15,27H2. The molecule has 0 aliphatic carbocycles. The maximum atomic E-state index is 13.7. The van der Waals surface area contributed by atoms with Crippen molar-refractivity contribution in [2.24, 2.45) is 0 Å². The molecule has 0 amide bonds. The molecule has 0 spiro atoms. The Bertz CT molecular complexity index is 1790. The number of nitrogen functional groups attached to an aromatic ring is 1. The molecule has 0 aliphatic rings. The van der Waals surface area contributed by atoms with E-state index in [1.807, 2.05) is 48.7 Å². The molecule has 6 rings (SSSR count). The van der Waals surface area contributed by atoms with Crippen molar-refractivity contribution in [2.75, 3.05) is 5.73 Å². The Labute approximate surface area is 195 Å². The van der Waals surface area contributed by atoms with Crippen LogP contribution in [-0.4, -0.2) is 27.9 Å². The lowest BCUT2D eigenvalue weighted by atomic mass is 10.1. The zero-order valence-electron chi connectivity index (χ0n) is 18.1. The summed E-state index contributed by atoms with van der Waals surface area (Å²) in [6.07, 6.45) is 2.63. The second-order valence-electron chi connectivity index (χ2n) is 8.18. The van der Waals surface area contributed by atoms with Crippen LogP contribution in [0.1, 0.15) is 5.56 Å². The van der Waals surface area contributed by atoms with E-state index in [0.29, 0.717) is 35.2 Å². The molecule has 3 heterocycles. The van der Waals surface area contributed by atoms with E-state index in [0.717, 1.165) is 16.5 Å². The number of nitrogens with one attached hydrogen (secondary N) is 1. The minimum Gasteiger partial charge on any atom is -0.384 e. The van der Waals surface area contributed by atoms with Crippen LogP contribution >= 0.6 is 0 Å². The van der Waals surface area contributed by atoms with Crippen molar-refractivity contribution in [1.82, 2.24) is 19.5 Å². The molecule has 0 radical (unpaired) electrons. The lowest BCUT2D eigenvalue weighted by molar-refractivity contribution is 0.596. The predicted molar refractivity (Wildman–Crippen MR) is 133 cm³/mol. The summed E-state index contributed by atoms with van der Waals surface area (Å²) >= 11 is 0. The van der Waals surface area contributed by atoms with Crippen LogP contribution in [0.3, 0.4) is 0 Å². The highest BCUT2D eigenvalue weighted by Gasteiger charge is 2.30. The molecule has 0 fully saturated rings. The number of hydrogen-bond acceptors (Lipinski definition) is 5. The van der Waals surface area contributed by atoms with E-state index in [1.54, 1.807) is 34.9 Å². The summed E-state index contributed by atoms with van der Waals surface area (Å²) in [5.41, 5.74) is 10.8. The van der Waals surface area contributed by atoms with Gasteiger partial charge in [0.15, 0.2) is 5.65 Å². The summed E-state index contributed by atoms with van der Waals surface area (Å²) in [6.45, 7) is 0.460. The van der Waals surface area contributed by atoms with Gasteiger partial charge in [-0.25, -0.2) is 18.4 Å². The first-order chi connectivity index (χ1) is 16.5. The molecule has 0 saturated heterocycles. The van der Waals surface area contributed by atoms with Crippen molar-refractivity contribution in [1.29, 1.82) is 0 Å².